The first-order valence-corrected chi connectivity index (χ1v) is 9.22. The monoisotopic (exact) mass is 407 g/mol. The van der Waals surface area contributed by atoms with E-state index in [4.69, 9.17) is 9.47 Å². The molecule has 0 saturated carbocycles. The van der Waals surface area contributed by atoms with E-state index in [1.165, 1.54) is 0 Å². The number of aliphatic hydroxyl groups excluding tert-OH is 1. The molecule has 0 amide bonds. The lowest BCUT2D eigenvalue weighted by molar-refractivity contribution is 0.123. The molecule has 2 aromatic rings. The third-order valence-electron chi connectivity index (χ3n) is 3.99. The Labute approximate surface area is 158 Å². The van der Waals surface area contributed by atoms with Gasteiger partial charge in [-0.3, -0.25) is 0 Å². The average Bonchev–Trinajstić information content (AvgIpc) is 2.61. The van der Waals surface area contributed by atoms with E-state index < -0.39 is 0 Å². The topological polar surface area (TPSA) is 50.7 Å². The van der Waals surface area contributed by atoms with Crippen molar-refractivity contribution in [3.63, 3.8) is 0 Å². The Morgan fingerprint density at radius 2 is 1.72 bits per heavy atom. The summed E-state index contributed by atoms with van der Waals surface area (Å²) in [5.74, 6) is 1.67. The van der Waals surface area contributed by atoms with Crippen LogP contribution in [0, 0.1) is 5.92 Å². The highest BCUT2D eigenvalue weighted by molar-refractivity contribution is 9.10. The molecule has 0 fully saturated rings. The molecular formula is C20H26BrNO3. The minimum atomic E-state index is -0.338. The molecule has 1 unspecified atom stereocenters. The first-order chi connectivity index (χ1) is 12.0. The van der Waals surface area contributed by atoms with Crippen molar-refractivity contribution in [2.75, 3.05) is 13.7 Å². The number of rotatable bonds is 9. The number of nitrogens with one attached hydrogen (secondary N) is 1. The van der Waals surface area contributed by atoms with E-state index in [0.29, 0.717) is 25.4 Å². The summed E-state index contributed by atoms with van der Waals surface area (Å²) in [7, 11) is 1.64. The molecule has 25 heavy (non-hydrogen) atoms. The first-order valence-electron chi connectivity index (χ1n) is 8.42. The van der Waals surface area contributed by atoms with Crippen molar-refractivity contribution in [2.45, 2.75) is 33.1 Å². The number of methoxy groups -OCH3 is 1. The first kappa shape index (κ1) is 19.8. The zero-order valence-electron chi connectivity index (χ0n) is 15.0. The van der Waals surface area contributed by atoms with Gasteiger partial charge < -0.3 is 19.9 Å². The molecule has 4 nitrogen and oxygen atoms in total. The molecule has 5 heteroatoms. The summed E-state index contributed by atoms with van der Waals surface area (Å²) in [5.41, 5.74) is 2.18. The second-order valence-corrected chi connectivity index (χ2v) is 7.26. The SMILES string of the molecule is COc1cc(CNCC(O)C(C)C)ccc1OCc1ccc(Br)cc1. The molecule has 0 aliphatic carbocycles. The molecule has 1 atom stereocenters. The van der Waals surface area contributed by atoms with Gasteiger partial charge in [0.05, 0.1) is 13.2 Å². The van der Waals surface area contributed by atoms with Crippen LogP contribution in [-0.2, 0) is 13.2 Å². The highest BCUT2D eigenvalue weighted by Crippen LogP contribution is 2.29. The van der Waals surface area contributed by atoms with E-state index in [0.717, 1.165) is 21.3 Å². The van der Waals surface area contributed by atoms with Gasteiger partial charge in [0, 0.05) is 17.6 Å². The van der Waals surface area contributed by atoms with Gasteiger partial charge in [-0.1, -0.05) is 48.0 Å². The number of ether oxygens (including phenoxy) is 2. The molecule has 0 aliphatic rings. The Balaban J connectivity index is 1.92. The summed E-state index contributed by atoms with van der Waals surface area (Å²) in [6.07, 6.45) is -0.338. The van der Waals surface area contributed by atoms with Gasteiger partial charge in [0.2, 0.25) is 0 Å². The molecule has 0 aromatic heterocycles. The minimum absolute atomic E-state index is 0.247. The molecule has 2 rings (SSSR count). The number of benzene rings is 2. The largest absolute Gasteiger partial charge is 0.493 e. The molecule has 0 heterocycles. The fraction of sp³-hybridized carbons (Fsp3) is 0.400. The van der Waals surface area contributed by atoms with Crippen molar-refractivity contribution in [3.8, 4) is 11.5 Å². The Hall–Kier alpha value is -1.56. The number of aliphatic hydroxyl groups is 1. The van der Waals surface area contributed by atoms with Gasteiger partial charge in [0.1, 0.15) is 6.61 Å². The van der Waals surface area contributed by atoms with E-state index in [2.05, 4.69) is 21.2 Å². The van der Waals surface area contributed by atoms with Crippen LogP contribution < -0.4 is 14.8 Å². The van der Waals surface area contributed by atoms with Gasteiger partial charge in [-0.15, -0.1) is 0 Å². The second kappa shape index (κ2) is 9.80. The van der Waals surface area contributed by atoms with E-state index in [1.54, 1.807) is 7.11 Å². The van der Waals surface area contributed by atoms with Gasteiger partial charge in [0.25, 0.3) is 0 Å². The minimum Gasteiger partial charge on any atom is -0.493 e. The van der Waals surface area contributed by atoms with Gasteiger partial charge in [-0.25, -0.2) is 0 Å². The predicted molar refractivity (Wildman–Crippen MR) is 104 cm³/mol. The van der Waals surface area contributed by atoms with Gasteiger partial charge in [-0.05, 0) is 41.3 Å². The van der Waals surface area contributed by atoms with Crippen LogP contribution in [0.1, 0.15) is 25.0 Å². The molecule has 0 bridgehead atoms. The maximum Gasteiger partial charge on any atom is 0.161 e. The average molecular weight is 408 g/mol. The zero-order chi connectivity index (χ0) is 18.2. The lowest BCUT2D eigenvalue weighted by atomic mass is 10.1. The lowest BCUT2D eigenvalue weighted by Crippen LogP contribution is -2.30. The van der Waals surface area contributed by atoms with E-state index in [9.17, 15) is 5.11 Å². The smallest absolute Gasteiger partial charge is 0.161 e. The third-order valence-corrected chi connectivity index (χ3v) is 4.52. The van der Waals surface area contributed by atoms with Gasteiger partial charge in [-0.2, -0.15) is 0 Å². The molecule has 0 aliphatic heterocycles. The summed E-state index contributed by atoms with van der Waals surface area (Å²) < 4.78 is 12.4. The van der Waals surface area contributed by atoms with Crippen molar-refractivity contribution in [2.24, 2.45) is 5.92 Å². The molecule has 2 aromatic carbocycles. The highest BCUT2D eigenvalue weighted by atomic mass is 79.9. The molecule has 0 radical (unpaired) electrons. The molecule has 0 saturated heterocycles. The number of hydrogen-bond acceptors (Lipinski definition) is 4. The van der Waals surface area contributed by atoms with Crippen molar-refractivity contribution in [1.29, 1.82) is 0 Å². The standard InChI is InChI=1S/C20H26BrNO3/c1-14(2)18(23)12-22-11-16-6-9-19(20(10-16)24-3)25-13-15-4-7-17(21)8-5-15/h4-10,14,18,22-23H,11-13H2,1-3H3. The van der Waals surface area contributed by atoms with E-state index in [1.807, 2.05) is 56.3 Å². The summed E-state index contributed by atoms with van der Waals surface area (Å²) >= 11 is 3.43. The van der Waals surface area contributed by atoms with Crippen molar-refractivity contribution in [1.82, 2.24) is 5.32 Å². The maximum absolute atomic E-state index is 9.83. The Bertz CT molecular complexity index is 658. The van der Waals surface area contributed by atoms with Crippen molar-refractivity contribution in [3.05, 3.63) is 58.1 Å². The molecule has 0 spiro atoms. The van der Waals surface area contributed by atoms with Gasteiger partial charge >= 0.3 is 0 Å². The van der Waals surface area contributed by atoms with E-state index in [-0.39, 0.29) is 12.0 Å². The summed E-state index contributed by atoms with van der Waals surface area (Å²) in [6.45, 7) is 5.75. The summed E-state index contributed by atoms with van der Waals surface area (Å²) in [5, 5.41) is 13.1. The van der Waals surface area contributed by atoms with Crippen LogP contribution in [0.3, 0.4) is 0 Å². The van der Waals surface area contributed by atoms with E-state index >= 15 is 0 Å². The Kier molecular flexibility index (Phi) is 7.75. The van der Waals surface area contributed by atoms with Crippen LogP contribution in [0.25, 0.3) is 0 Å². The van der Waals surface area contributed by atoms with Crippen LogP contribution in [-0.4, -0.2) is 24.9 Å². The summed E-state index contributed by atoms with van der Waals surface area (Å²) in [6, 6.07) is 13.9. The summed E-state index contributed by atoms with van der Waals surface area (Å²) in [4.78, 5) is 0. The zero-order valence-corrected chi connectivity index (χ0v) is 16.5. The normalized spacial score (nSPS) is 12.2. The van der Waals surface area contributed by atoms with Crippen LogP contribution >= 0.6 is 15.9 Å². The van der Waals surface area contributed by atoms with Crippen molar-refractivity contribution < 1.29 is 14.6 Å². The Morgan fingerprint density at radius 1 is 1.04 bits per heavy atom. The quantitative estimate of drug-likeness (QED) is 0.655. The Morgan fingerprint density at radius 3 is 2.36 bits per heavy atom. The van der Waals surface area contributed by atoms with Crippen LogP contribution in [0.5, 0.6) is 11.5 Å². The van der Waals surface area contributed by atoms with Crippen molar-refractivity contribution >= 4 is 15.9 Å². The predicted octanol–water partition coefficient (Wildman–Crippen LogP) is 4.14. The molecule has 136 valence electrons. The lowest BCUT2D eigenvalue weighted by Gasteiger charge is -2.16. The van der Waals surface area contributed by atoms with Crippen LogP contribution in [0.4, 0.5) is 0 Å². The second-order valence-electron chi connectivity index (χ2n) is 6.34. The molecular weight excluding hydrogens is 382 g/mol. The fourth-order valence-electron chi connectivity index (χ4n) is 2.28. The third kappa shape index (κ3) is 6.34. The molecule has 2 N–H and O–H groups in total. The van der Waals surface area contributed by atoms with Crippen LogP contribution in [0.15, 0.2) is 46.9 Å². The van der Waals surface area contributed by atoms with Gasteiger partial charge in [0.15, 0.2) is 11.5 Å². The fourth-order valence-corrected chi connectivity index (χ4v) is 2.55. The highest BCUT2D eigenvalue weighted by Gasteiger charge is 2.09. The maximum atomic E-state index is 9.83. The number of hydrogen-bond donors (Lipinski definition) is 2. The van der Waals surface area contributed by atoms with Crippen LogP contribution in [0.2, 0.25) is 0 Å². The number of halogens is 1.